The summed E-state index contributed by atoms with van der Waals surface area (Å²) in [5.74, 6) is 1.71. The maximum atomic E-state index is 12.7. The third-order valence-corrected chi connectivity index (χ3v) is 5.35. The molecule has 0 aliphatic carbocycles. The van der Waals surface area contributed by atoms with E-state index in [1.807, 2.05) is 55.6 Å². The highest BCUT2D eigenvalue weighted by Gasteiger charge is 2.20. The predicted octanol–water partition coefficient (Wildman–Crippen LogP) is 3.67. The number of carbonyl (C=O) groups is 1. The van der Waals surface area contributed by atoms with E-state index in [0.717, 1.165) is 49.1 Å². The number of hydrogen-bond donors (Lipinski definition) is 1. The molecule has 6 nitrogen and oxygen atoms in total. The maximum Gasteiger partial charge on any atom is 0.255 e. The molecule has 3 aromatic rings. The number of amides is 1. The van der Waals surface area contributed by atoms with Gasteiger partial charge in [0.2, 0.25) is 0 Å². The standard InChI is InChI=1S/C23H25N5O/c1-17-6-7-20(15-18(17)2)26-23(29)19-8-10-25-22(16-19)28-13-11-27(12-14-28)21-5-3-4-9-24-21/h3-10,15-16H,11-14H2,1-2H3,(H,26,29). The first-order valence-electron chi connectivity index (χ1n) is 9.86. The first-order chi connectivity index (χ1) is 14.1. The normalized spacial score (nSPS) is 14.0. The number of nitrogens with zero attached hydrogens (tertiary/aromatic N) is 4. The molecule has 0 saturated carbocycles. The Morgan fingerprint density at radius 3 is 2.24 bits per heavy atom. The van der Waals surface area contributed by atoms with Gasteiger partial charge in [0.25, 0.3) is 5.91 Å². The van der Waals surface area contributed by atoms with Gasteiger partial charge in [-0.1, -0.05) is 12.1 Å². The van der Waals surface area contributed by atoms with Crippen LogP contribution in [0.1, 0.15) is 21.5 Å². The largest absolute Gasteiger partial charge is 0.353 e. The van der Waals surface area contributed by atoms with Gasteiger partial charge in [-0.05, 0) is 61.4 Å². The molecule has 3 heterocycles. The van der Waals surface area contributed by atoms with Gasteiger partial charge in [0.15, 0.2) is 0 Å². The van der Waals surface area contributed by atoms with Crippen LogP contribution in [0, 0.1) is 13.8 Å². The van der Waals surface area contributed by atoms with Gasteiger partial charge in [-0.25, -0.2) is 9.97 Å². The van der Waals surface area contributed by atoms with Gasteiger partial charge in [0, 0.05) is 49.8 Å². The van der Waals surface area contributed by atoms with Crippen molar-refractivity contribution in [2.24, 2.45) is 0 Å². The Kier molecular flexibility index (Phi) is 5.42. The van der Waals surface area contributed by atoms with Gasteiger partial charge in [-0.15, -0.1) is 0 Å². The number of pyridine rings is 2. The summed E-state index contributed by atoms with van der Waals surface area (Å²) in [5, 5.41) is 2.98. The molecular formula is C23H25N5O. The van der Waals surface area contributed by atoms with Crippen LogP contribution in [0.2, 0.25) is 0 Å². The molecule has 1 fully saturated rings. The van der Waals surface area contributed by atoms with Gasteiger partial charge < -0.3 is 15.1 Å². The monoisotopic (exact) mass is 387 g/mol. The van der Waals surface area contributed by atoms with Gasteiger partial charge >= 0.3 is 0 Å². The average Bonchev–Trinajstić information content (AvgIpc) is 2.77. The van der Waals surface area contributed by atoms with Crippen molar-refractivity contribution < 1.29 is 4.79 Å². The lowest BCUT2D eigenvalue weighted by atomic mass is 10.1. The number of rotatable bonds is 4. The van der Waals surface area contributed by atoms with E-state index < -0.39 is 0 Å². The zero-order valence-electron chi connectivity index (χ0n) is 16.8. The molecule has 6 heteroatoms. The van der Waals surface area contributed by atoms with Crippen molar-refractivity contribution in [2.45, 2.75) is 13.8 Å². The summed E-state index contributed by atoms with van der Waals surface area (Å²) in [6, 6.07) is 15.5. The minimum absolute atomic E-state index is 0.121. The minimum atomic E-state index is -0.121. The summed E-state index contributed by atoms with van der Waals surface area (Å²) in [6.07, 6.45) is 3.52. The Balaban J connectivity index is 1.42. The number of carbonyl (C=O) groups excluding carboxylic acids is 1. The van der Waals surface area contributed by atoms with Crippen LogP contribution in [0.25, 0.3) is 0 Å². The maximum absolute atomic E-state index is 12.7. The van der Waals surface area contributed by atoms with E-state index in [4.69, 9.17) is 0 Å². The molecule has 1 aliphatic heterocycles. The molecule has 0 spiro atoms. The Morgan fingerprint density at radius 2 is 1.55 bits per heavy atom. The van der Waals surface area contributed by atoms with E-state index in [9.17, 15) is 4.79 Å². The van der Waals surface area contributed by atoms with Crippen molar-refractivity contribution in [3.05, 3.63) is 77.6 Å². The molecular weight excluding hydrogens is 362 g/mol. The molecule has 0 unspecified atom stereocenters. The first kappa shape index (κ1) is 18.9. The summed E-state index contributed by atoms with van der Waals surface area (Å²) in [6.45, 7) is 7.52. The van der Waals surface area contributed by atoms with E-state index in [1.54, 1.807) is 12.3 Å². The molecule has 1 saturated heterocycles. The highest BCUT2D eigenvalue weighted by Crippen LogP contribution is 2.20. The van der Waals surface area contributed by atoms with Crippen LogP contribution in [-0.4, -0.2) is 42.1 Å². The lowest BCUT2D eigenvalue weighted by Gasteiger charge is -2.36. The van der Waals surface area contributed by atoms with Crippen LogP contribution in [0.15, 0.2) is 60.9 Å². The van der Waals surface area contributed by atoms with Crippen molar-refractivity contribution in [2.75, 3.05) is 41.3 Å². The summed E-state index contributed by atoms with van der Waals surface area (Å²) < 4.78 is 0. The second-order valence-electron chi connectivity index (χ2n) is 7.32. The van der Waals surface area contributed by atoms with Crippen molar-refractivity contribution in [1.82, 2.24) is 9.97 Å². The van der Waals surface area contributed by atoms with Crippen molar-refractivity contribution in [1.29, 1.82) is 0 Å². The fourth-order valence-electron chi connectivity index (χ4n) is 3.46. The van der Waals surface area contributed by atoms with E-state index in [1.165, 1.54) is 5.56 Å². The third kappa shape index (κ3) is 4.37. The molecule has 0 radical (unpaired) electrons. The van der Waals surface area contributed by atoms with E-state index in [2.05, 4.69) is 32.0 Å². The number of nitrogens with one attached hydrogen (secondary N) is 1. The number of hydrogen-bond acceptors (Lipinski definition) is 5. The predicted molar refractivity (Wildman–Crippen MR) is 117 cm³/mol. The molecule has 1 N–H and O–H groups in total. The van der Waals surface area contributed by atoms with Gasteiger partial charge in [-0.2, -0.15) is 0 Å². The van der Waals surface area contributed by atoms with E-state index >= 15 is 0 Å². The second kappa shape index (κ2) is 8.31. The van der Waals surface area contributed by atoms with Crippen molar-refractivity contribution in [3.63, 3.8) is 0 Å². The number of aryl methyl sites for hydroxylation is 2. The molecule has 2 aromatic heterocycles. The highest BCUT2D eigenvalue weighted by atomic mass is 16.1. The van der Waals surface area contributed by atoms with Crippen LogP contribution in [0.5, 0.6) is 0 Å². The summed E-state index contributed by atoms with van der Waals surface area (Å²) in [5.41, 5.74) is 3.78. The summed E-state index contributed by atoms with van der Waals surface area (Å²) >= 11 is 0. The van der Waals surface area contributed by atoms with E-state index in [0.29, 0.717) is 5.56 Å². The summed E-state index contributed by atoms with van der Waals surface area (Å²) in [7, 11) is 0. The van der Waals surface area contributed by atoms with Crippen LogP contribution in [0.3, 0.4) is 0 Å². The molecule has 148 valence electrons. The lowest BCUT2D eigenvalue weighted by molar-refractivity contribution is 0.102. The molecule has 4 rings (SSSR count). The Morgan fingerprint density at radius 1 is 0.828 bits per heavy atom. The Labute approximate surface area is 171 Å². The molecule has 1 aliphatic rings. The summed E-state index contributed by atoms with van der Waals surface area (Å²) in [4.78, 5) is 26.1. The zero-order chi connectivity index (χ0) is 20.2. The van der Waals surface area contributed by atoms with Gasteiger partial charge in [0.05, 0.1) is 0 Å². The number of anilines is 3. The third-order valence-electron chi connectivity index (χ3n) is 5.35. The Bertz CT molecular complexity index is 997. The fourth-order valence-corrected chi connectivity index (χ4v) is 3.46. The highest BCUT2D eigenvalue weighted by molar-refractivity contribution is 6.04. The topological polar surface area (TPSA) is 61.4 Å². The number of piperazine rings is 1. The smallest absolute Gasteiger partial charge is 0.255 e. The van der Waals surface area contributed by atoms with Crippen LogP contribution >= 0.6 is 0 Å². The number of benzene rings is 1. The molecule has 0 atom stereocenters. The fraction of sp³-hybridized carbons (Fsp3) is 0.261. The number of aromatic nitrogens is 2. The van der Waals surface area contributed by atoms with Gasteiger partial charge in [0.1, 0.15) is 11.6 Å². The first-order valence-corrected chi connectivity index (χ1v) is 9.86. The lowest BCUT2D eigenvalue weighted by Crippen LogP contribution is -2.47. The molecule has 1 aromatic carbocycles. The van der Waals surface area contributed by atoms with Gasteiger partial charge in [-0.3, -0.25) is 4.79 Å². The van der Waals surface area contributed by atoms with E-state index in [-0.39, 0.29) is 5.91 Å². The van der Waals surface area contributed by atoms with Crippen LogP contribution in [-0.2, 0) is 0 Å². The second-order valence-corrected chi connectivity index (χ2v) is 7.32. The minimum Gasteiger partial charge on any atom is -0.353 e. The van der Waals surface area contributed by atoms with Crippen LogP contribution in [0.4, 0.5) is 17.3 Å². The van der Waals surface area contributed by atoms with Crippen molar-refractivity contribution >= 4 is 23.2 Å². The van der Waals surface area contributed by atoms with Crippen LogP contribution < -0.4 is 15.1 Å². The molecule has 0 bridgehead atoms. The molecule has 29 heavy (non-hydrogen) atoms. The zero-order valence-corrected chi connectivity index (χ0v) is 16.8. The van der Waals surface area contributed by atoms with Crippen molar-refractivity contribution in [3.8, 4) is 0 Å². The molecule has 1 amide bonds. The SMILES string of the molecule is Cc1ccc(NC(=O)c2ccnc(N3CCN(c4ccccn4)CC3)c2)cc1C. The Hall–Kier alpha value is -3.41. The average molecular weight is 387 g/mol. The quantitative estimate of drug-likeness (QED) is 0.740.